The van der Waals surface area contributed by atoms with Gasteiger partial charge in [-0.25, -0.2) is 13.1 Å². The molecule has 3 N–H and O–H groups in total. The third-order valence-electron chi connectivity index (χ3n) is 9.36. The van der Waals surface area contributed by atoms with Gasteiger partial charge in [-0.3, -0.25) is 4.79 Å². The fraction of sp³-hybridized carbons (Fsp3) is 0.441. The van der Waals surface area contributed by atoms with Crippen molar-refractivity contribution in [2.75, 3.05) is 6.54 Å². The summed E-state index contributed by atoms with van der Waals surface area (Å²) in [6.07, 6.45) is 0.166. The van der Waals surface area contributed by atoms with Gasteiger partial charge in [0.15, 0.2) is 0 Å². The molecular weight excluding hydrogens is 590 g/mol. The Balaban J connectivity index is 1.63. The second-order valence-corrected chi connectivity index (χ2v) is 14.5. The highest BCUT2D eigenvalue weighted by atomic mass is 32.2. The highest BCUT2D eigenvalue weighted by molar-refractivity contribution is 7.89. The van der Waals surface area contributed by atoms with Gasteiger partial charge in [0.1, 0.15) is 22.3 Å². The maximum absolute atomic E-state index is 13.9. The van der Waals surface area contributed by atoms with Gasteiger partial charge in [-0.1, -0.05) is 62.4 Å². The molecule has 1 unspecified atom stereocenters. The number of aromatic nitrogens is 3. The molecule has 5 rings (SSSR count). The second-order valence-electron chi connectivity index (χ2n) is 12.6. The number of benzene rings is 3. The summed E-state index contributed by atoms with van der Waals surface area (Å²) in [5.74, 6) is -0.913. The smallest absolute Gasteiger partial charge is 0.304 e. The van der Waals surface area contributed by atoms with Crippen molar-refractivity contribution in [3.05, 3.63) is 82.4 Å². The van der Waals surface area contributed by atoms with Gasteiger partial charge in [-0.15, -0.1) is 5.10 Å². The normalized spacial score (nSPS) is 18.2. The van der Waals surface area contributed by atoms with E-state index in [1.807, 2.05) is 64.4 Å². The lowest BCUT2D eigenvalue weighted by molar-refractivity contribution is -0.138. The fourth-order valence-electron chi connectivity index (χ4n) is 6.44. The number of carbonyl (C=O) groups is 1. The summed E-state index contributed by atoms with van der Waals surface area (Å²) >= 11 is 0. The van der Waals surface area contributed by atoms with Crippen LogP contribution in [0.1, 0.15) is 74.3 Å². The molecule has 0 fully saturated rings. The van der Waals surface area contributed by atoms with Gasteiger partial charge in [0.05, 0.1) is 18.5 Å². The minimum absolute atomic E-state index is 0.160. The van der Waals surface area contributed by atoms with Crippen LogP contribution < -0.4 is 10.5 Å². The molecule has 0 saturated heterocycles. The molecule has 1 aromatic heterocycles. The van der Waals surface area contributed by atoms with Crippen LogP contribution in [0.5, 0.6) is 5.75 Å². The summed E-state index contributed by atoms with van der Waals surface area (Å²) in [4.78, 5) is 12.0. The first-order valence-corrected chi connectivity index (χ1v) is 16.9. The molecule has 10 nitrogen and oxygen atoms in total. The number of aryl methyl sites for hydroxylation is 3. The van der Waals surface area contributed by atoms with Gasteiger partial charge < -0.3 is 15.6 Å². The summed E-state index contributed by atoms with van der Waals surface area (Å²) in [6, 6.07) is 16.3. The fourth-order valence-corrected chi connectivity index (χ4v) is 8.01. The number of ether oxygens (including phenoxy) is 1. The van der Waals surface area contributed by atoms with E-state index < -0.39 is 27.4 Å². The van der Waals surface area contributed by atoms with E-state index in [0.717, 1.165) is 38.9 Å². The number of sulfonamides is 1. The first-order valence-electron chi connectivity index (χ1n) is 15.4. The van der Waals surface area contributed by atoms with Gasteiger partial charge in [-0.2, -0.15) is 4.31 Å². The molecule has 3 atom stereocenters. The van der Waals surface area contributed by atoms with Crippen molar-refractivity contribution in [3.63, 3.8) is 0 Å². The van der Waals surface area contributed by atoms with Crippen LogP contribution in [-0.4, -0.2) is 57.5 Å². The molecule has 240 valence electrons. The first kappa shape index (κ1) is 32.6. The maximum Gasteiger partial charge on any atom is 0.304 e. The number of para-hydroxylation sites is 1. The lowest BCUT2D eigenvalue weighted by Crippen LogP contribution is -2.43. The highest BCUT2D eigenvalue weighted by Crippen LogP contribution is 2.46. The van der Waals surface area contributed by atoms with Crippen LogP contribution in [0, 0.1) is 19.3 Å². The number of hydrogen-bond donors (Lipinski definition) is 2. The van der Waals surface area contributed by atoms with Crippen LogP contribution in [0.4, 0.5) is 0 Å². The molecule has 0 amide bonds. The average Bonchev–Trinajstić information content (AvgIpc) is 3.38. The SMILES string of the molecule is CC[C@@H]1CN(Cc2cc([C@@H](c3ccc4c(nnn4CC)c3C)C(C)(C)C(N)CC(=O)O)ccc2C)S(=O)(=O)c2ccccc2O1. The molecule has 1 aliphatic heterocycles. The largest absolute Gasteiger partial charge is 0.488 e. The van der Waals surface area contributed by atoms with Gasteiger partial charge in [0.25, 0.3) is 0 Å². The Hall–Kier alpha value is -3.80. The second kappa shape index (κ2) is 12.5. The molecule has 0 saturated carbocycles. The highest BCUT2D eigenvalue weighted by Gasteiger charge is 2.40. The van der Waals surface area contributed by atoms with Gasteiger partial charge in [-0.05, 0) is 78.6 Å². The monoisotopic (exact) mass is 633 g/mol. The number of nitrogens with two attached hydrogens (primary N) is 1. The molecule has 0 spiro atoms. The Kier molecular flexibility index (Phi) is 9.08. The summed E-state index contributed by atoms with van der Waals surface area (Å²) in [5.41, 5.74) is 12.3. The van der Waals surface area contributed by atoms with Crippen LogP contribution in [0.3, 0.4) is 0 Å². The molecule has 2 heterocycles. The maximum atomic E-state index is 13.9. The van der Waals surface area contributed by atoms with Crippen molar-refractivity contribution >= 4 is 27.0 Å². The van der Waals surface area contributed by atoms with Crippen molar-refractivity contribution in [2.45, 2.75) is 90.4 Å². The van der Waals surface area contributed by atoms with Gasteiger partial charge in [0.2, 0.25) is 10.0 Å². The van der Waals surface area contributed by atoms with E-state index in [9.17, 15) is 18.3 Å². The predicted octanol–water partition coefficient (Wildman–Crippen LogP) is 5.39. The number of aliphatic carboxylic acids is 1. The molecule has 11 heteroatoms. The van der Waals surface area contributed by atoms with E-state index in [4.69, 9.17) is 10.5 Å². The summed E-state index contributed by atoms with van der Waals surface area (Å²) < 4.78 is 37.4. The van der Waals surface area contributed by atoms with Gasteiger partial charge >= 0.3 is 5.97 Å². The van der Waals surface area contributed by atoms with Crippen molar-refractivity contribution in [3.8, 4) is 5.75 Å². The van der Waals surface area contributed by atoms with Crippen molar-refractivity contribution in [1.82, 2.24) is 19.3 Å². The van der Waals surface area contributed by atoms with Crippen molar-refractivity contribution in [1.29, 1.82) is 0 Å². The van der Waals surface area contributed by atoms with Crippen LogP contribution in [0.2, 0.25) is 0 Å². The Bertz CT molecular complexity index is 1830. The number of carboxylic acid groups (broad SMARTS) is 1. The summed E-state index contributed by atoms with van der Waals surface area (Å²) in [7, 11) is -3.84. The third kappa shape index (κ3) is 6.08. The molecular formula is C34H43N5O5S. The average molecular weight is 634 g/mol. The Morgan fingerprint density at radius 2 is 1.87 bits per heavy atom. The number of carboxylic acids is 1. The minimum atomic E-state index is -3.84. The number of fused-ring (bicyclic) bond motifs is 2. The molecule has 0 radical (unpaired) electrons. The number of nitrogens with zero attached hydrogens (tertiary/aromatic N) is 4. The quantitative estimate of drug-likeness (QED) is 0.237. The van der Waals surface area contributed by atoms with Crippen LogP contribution in [0.25, 0.3) is 11.0 Å². The minimum Gasteiger partial charge on any atom is -0.488 e. The van der Waals surface area contributed by atoms with E-state index in [2.05, 4.69) is 22.4 Å². The van der Waals surface area contributed by atoms with E-state index in [-0.39, 0.29) is 36.4 Å². The molecule has 0 aliphatic carbocycles. The lowest BCUT2D eigenvalue weighted by atomic mass is 9.65. The van der Waals surface area contributed by atoms with Crippen LogP contribution in [-0.2, 0) is 27.9 Å². The Morgan fingerprint density at radius 1 is 1.13 bits per heavy atom. The number of hydrogen-bond acceptors (Lipinski definition) is 7. The third-order valence-corrected chi connectivity index (χ3v) is 11.2. The molecule has 4 aromatic rings. The zero-order valence-corrected chi connectivity index (χ0v) is 27.6. The Morgan fingerprint density at radius 3 is 2.56 bits per heavy atom. The zero-order valence-electron chi connectivity index (χ0n) is 26.8. The molecule has 0 bridgehead atoms. The molecule has 45 heavy (non-hydrogen) atoms. The van der Waals surface area contributed by atoms with E-state index >= 15 is 0 Å². The van der Waals surface area contributed by atoms with Crippen molar-refractivity contribution in [2.24, 2.45) is 11.1 Å². The topological polar surface area (TPSA) is 141 Å². The first-order chi connectivity index (χ1) is 21.3. The van der Waals surface area contributed by atoms with E-state index in [1.54, 1.807) is 24.3 Å². The summed E-state index contributed by atoms with van der Waals surface area (Å²) in [6.45, 7) is 13.0. The Labute approximate surface area is 265 Å². The van der Waals surface area contributed by atoms with E-state index in [0.29, 0.717) is 18.7 Å². The van der Waals surface area contributed by atoms with Crippen LogP contribution >= 0.6 is 0 Å². The van der Waals surface area contributed by atoms with Gasteiger partial charge in [0, 0.05) is 25.0 Å². The predicted molar refractivity (Wildman–Crippen MR) is 174 cm³/mol. The zero-order chi connectivity index (χ0) is 32.7. The molecule has 1 aliphatic rings. The summed E-state index contributed by atoms with van der Waals surface area (Å²) in [5, 5.41) is 18.5. The number of rotatable bonds is 10. The lowest BCUT2D eigenvalue weighted by Gasteiger charge is -2.40. The molecule has 3 aromatic carbocycles. The standard InChI is InChI=1S/C34H43N5O5S/c1-7-25-20-38(45(42,43)29-12-10-9-11-28(29)44-25)19-24-17-23(14-13-21(24)3)32(34(5,6)30(35)18-31(40)41)26-15-16-27-33(22(26)4)36-37-39(27)8-2/h9-17,25,30,32H,7-8,18-20,35H2,1-6H3,(H,40,41)/t25-,30?,32+/m1/s1. The van der Waals surface area contributed by atoms with Crippen LogP contribution in [0.15, 0.2) is 59.5 Å². The van der Waals surface area contributed by atoms with E-state index in [1.165, 1.54) is 4.31 Å². The van der Waals surface area contributed by atoms with Crippen molar-refractivity contribution < 1.29 is 23.1 Å².